The minimum Gasteiger partial charge on any atom is -0.468 e. The second-order valence-corrected chi connectivity index (χ2v) is 4.55. The maximum atomic E-state index is 11.3. The highest BCUT2D eigenvalue weighted by Gasteiger charge is 2.14. The van der Waals surface area contributed by atoms with E-state index < -0.39 is 12.0 Å². The lowest BCUT2D eigenvalue weighted by atomic mass is 10.3. The fourth-order valence-corrected chi connectivity index (χ4v) is 1.69. The number of nitrogens with two attached hydrogens (primary N) is 1. The Bertz CT molecular complexity index is 236. The molecule has 0 saturated carbocycles. The van der Waals surface area contributed by atoms with E-state index in [0.29, 0.717) is 11.5 Å². The first-order chi connectivity index (χ1) is 7.51. The lowest BCUT2D eigenvalue weighted by molar-refractivity contribution is -0.141. The summed E-state index contributed by atoms with van der Waals surface area (Å²) in [6.45, 7) is 3.95. The molecule has 0 aliphatic heterocycles. The van der Waals surface area contributed by atoms with Crippen molar-refractivity contribution in [3.05, 3.63) is 0 Å². The van der Waals surface area contributed by atoms with Gasteiger partial charge in [-0.05, 0) is 13.3 Å². The van der Waals surface area contributed by atoms with Gasteiger partial charge in [0.2, 0.25) is 5.91 Å². The second-order valence-electron chi connectivity index (χ2n) is 3.52. The number of rotatable bonds is 7. The van der Waals surface area contributed by atoms with Gasteiger partial charge in [0.15, 0.2) is 0 Å². The van der Waals surface area contributed by atoms with Crippen LogP contribution in [0.5, 0.6) is 0 Å². The molecule has 0 aromatic rings. The molecule has 1 amide bonds. The van der Waals surface area contributed by atoms with E-state index in [2.05, 4.69) is 10.1 Å². The number of hydrogen-bond donors (Lipinski definition) is 2. The number of thioether (sulfide) groups is 1. The summed E-state index contributed by atoms with van der Waals surface area (Å²) in [5.74, 6) is 0.224. The Kier molecular flexibility index (Phi) is 8.01. The van der Waals surface area contributed by atoms with Crippen molar-refractivity contribution in [2.45, 2.75) is 32.4 Å². The Morgan fingerprint density at radius 1 is 1.50 bits per heavy atom. The summed E-state index contributed by atoms with van der Waals surface area (Å²) in [6.07, 6.45) is 0.901. The van der Waals surface area contributed by atoms with Crippen LogP contribution in [-0.4, -0.2) is 42.6 Å². The van der Waals surface area contributed by atoms with Gasteiger partial charge in [-0.25, -0.2) is 0 Å². The van der Waals surface area contributed by atoms with Crippen LogP contribution < -0.4 is 11.1 Å². The van der Waals surface area contributed by atoms with Gasteiger partial charge < -0.3 is 15.8 Å². The molecule has 0 radical (unpaired) electrons. The van der Waals surface area contributed by atoms with Gasteiger partial charge in [0.1, 0.15) is 6.04 Å². The number of carbonyl (C=O) groups is 2. The fourth-order valence-electron chi connectivity index (χ4n) is 0.917. The first-order valence-corrected chi connectivity index (χ1v) is 6.37. The highest BCUT2D eigenvalue weighted by molar-refractivity contribution is 8.00. The van der Waals surface area contributed by atoms with Crippen LogP contribution in [-0.2, 0) is 14.3 Å². The summed E-state index contributed by atoms with van der Waals surface area (Å²) >= 11 is 1.33. The lowest BCUT2D eigenvalue weighted by Gasteiger charge is -2.12. The van der Waals surface area contributed by atoms with Crippen molar-refractivity contribution < 1.29 is 14.3 Å². The number of esters is 1. The molecule has 0 spiro atoms. The first kappa shape index (κ1) is 15.2. The number of ether oxygens (including phenoxy) is 1. The summed E-state index contributed by atoms with van der Waals surface area (Å²) in [5.41, 5.74) is 5.51. The van der Waals surface area contributed by atoms with Crippen LogP contribution >= 0.6 is 11.8 Å². The maximum Gasteiger partial charge on any atom is 0.323 e. The van der Waals surface area contributed by atoms with E-state index in [-0.39, 0.29) is 11.9 Å². The molecule has 2 unspecified atom stereocenters. The normalized spacial score (nSPS) is 14.0. The van der Waals surface area contributed by atoms with Gasteiger partial charge in [0, 0.05) is 11.8 Å². The zero-order valence-electron chi connectivity index (χ0n) is 9.99. The largest absolute Gasteiger partial charge is 0.468 e. The quantitative estimate of drug-likeness (QED) is 0.626. The summed E-state index contributed by atoms with van der Waals surface area (Å²) in [5, 5.41) is 2.83. The van der Waals surface area contributed by atoms with Crippen molar-refractivity contribution >= 4 is 23.6 Å². The minimum atomic E-state index is -0.661. The predicted molar refractivity (Wildman–Crippen MR) is 65.2 cm³/mol. The van der Waals surface area contributed by atoms with Crippen molar-refractivity contribution in [1.82, 2.24) is 5.32 Å². The molecule has 0 fully saturated rings. The zero-order chi connectivity index (χ0) is 12.6. The first-order valence-electron chi connectivity index (χ1n) is 5.21. The number of amides is 1. The second kappa shape index (κ2) is 8.41. The van der Waals surface area contributed by atoms with E-state index in [9.17, 15) is 9.59 Å². The monoisotopic (exact) mass is 248 g/mol. The highest BCUT2D eigenvalue weighted by Crippen LogP contribution is 2.03. The molecule has 0 aromatic carbocycles. The molecule has 0 bridgehead atoms. The van der Waals surface area contributed by atoms with Crippen molar-refractivity contribution in [2.24, 2.45) is 5.73 Å². The van der Waals surface area contributed by atoms with E-state index in [0.717, 1.165) is 6.42 Å². The highest BCUT2D eigenvalue weighted by atomic mass is 32.2. The SMILES string of the molecule is CCC(C)NC(=O)CSCC(N)C(=O)OC. The van der Waals surface area contributed by atoms with Crippen LogP contribution in [0.1, 0.15) is 20.3 Å². The van der Waals surface area contributed by atoms with Gasteiger partial charge in [0.05, 0.1) is 12.9 Å². The van der Waals surface area contributed by atoms with Gasteiger partial charge in [-0.1, -0.05) is 6.92 Å². The topological polar surface area (TPSA) is 81.4 Å². The molecule has 0 saturated heterocycles. The molecule has 5 nitrogen and oxygen atoms in total. The fraction of sp³-hybridized carbons (Fsp3) is 0.800. The zero-order valence-corrected chi connectivity index (χ0v) is 10.8. The number of methoxy groups -OCH3 is 1. The molecule has 16 heavy (non-hydrogen) atoms. The average Bonchev–Trinajstić information content (AvgIpc) is 2.27. The van der Waals surface area contributed by atoms with E-state index in [4.69, 9.17) is 5.73 Å². The standard InChI is InChI=1S/C10H20N2O3S/c1-4-7(2)12-9(13)6-16-5-8(11)10(14)15-3/h7-8H,4-6,11H2,1-3H3,(H,12,13). The Morgan fingerprint density at radius 2 is 2.12 bits per heavy atom. The van der Waals surface area contributed by atoms with Crippen molar-refractivity contribution in [3.8, 4) is 0 Å². The van der Waals surface area contributed by atoms with Gasteiger partial charge in [-0.15, -0.1) is 11.8 Å². The third-order valence-electron chi connectivity index (χ3n) is 2.05. The van der Waals surface area contributed by atoms with Crippen LogP contribution in [0.4, 0.5) is 0 Å². The van der Waals surface area contributed by atoms with E-state index in [1.54, 1.807) is 0 Å². The van der Waals surface area contributed by atoms with Crippen LogP contribution in [0.15, 0.2) is 0 Å². The van der Waals surface area contributed by atoms with Gasteiger partial charge in [-0.3, -0.25) is 9.59 Å². The molecular formula is C10H20N2O3S. The van der Waals surface area contributed by atoms with E-state index >= 15 is 0 Å². The molecule has 0 rings (SSSR count). The van der Waals surface area contributed by atoms with Crippen molar-refractivity contribution in [3.63, 3.8) is 0 Å². The Labute approximate surface area is 100 Å². The van der Waals surface area contributed by atoms with Crippen molar-refractivity contribution in [2.75, 3.05) is 18.6 Å². The van der Waals surface area contributed by atoms with Gasteiger partial charge in [0.25, 0.3) is 0 Å². The molecule has 0 aliphatic rings. The summed E-state index contributed by atoms with van der Waals surface area (Å²) in [6, 6.07) is -0.478. The summed E-state index contributed by atoms with van der Waals surface area (Å²) < 4.78 is 4.47. The van der Waals surface area contributed by atoms with Crippen molar-refractivity contribution in [1.29, 1.82) is 0 Å². The van der Waals surface area contributed by atoms with E-state index in [1.807, 2.05) is 13.8 Å². The molecule has 2 atom stereocenters. The molecule has 3 N–H and O–H groups in total. The summed E-state index contributed by atoms with van der Waals surface area (Å²) in [4.78, 5) is 22.3. The Morgan fingerprint density at radius 3 is 2.62 bits per heavy atom. The van der Waals surface area contributed by atoms with E-state index in [1.165, 1.54) is 18.9 Å². The molecule has 94 valence electrons. The number of carbonyl (C=O) groups excluding carboxylic acids is 2. The third-order valence-corrected chi connectivity index (χ3v) is 3.12. The average molecular weight is 248 g/mol. The van der Waals surface area contributed by atoms with Crippen LogP contribution in [0, 0.1) is 0 Å². The van der Waals surface area contributed by atoms with Crippen LogP contribution in [0.2, 0.25) is 0 Å². The van der Waals surface area contributed by atoms with Crippen LogP contribution in [0.25, 0.3) is 0 Å². The number of nitrogens with one attached hydrogen (secondary N) is 1. The lowest BCUT2D eigenvalue weighted by Crippen LogP contribution is -2.36. The summed E-state index contributed by atoms with van der Waals surface area (Å²) in [7, 11) is 1.29. The number of hydrogen-bond acceptors (Lipinski definition) is 5. The molecule has 6 heteroatoms. The predicted octanol–water partition coefficient (Wildman–Crippen LogP) is 0.135. The minimum absolute atomic E-state index is 0.0311. The third kappa shape index (κ3) is 6.68. The van der Waals surface area contributed by atoms with Gasteiger partial charge in [-0.2, -0.15) is 0 Å². The molecule has 0 aromatic heterocycles. The molecule has 0 aliphatic carbocycles. The van der Waals surface area contributed by atoms with Crippen LogP contribution in [0.3, 0.4) is 0 Å². The smallest absolute Gasteiger partial charge is 0.323 e. The van der Waals surface area contributed by atoms with Gasteiger partial charge >= 0.3 is 5.97 Å². The molecule has 0 heterocycles. The maximum absolute atomic E-state index is 11.3. The Balaban J connectivity index is 3.65. The molecular weight excluding hydrogens is 228 g/mol. The Hall–Kier alpha value is -0.750.